The van der Waals surface area contributed by atoms with Crippen LogP contribution in [0.4, 0.5) is 5.69 Å². The summed E-state index contributed by atoms with van der Waals surface area (Å²) in [6.45, 7) is 6.94. The number of ether oxygens (including phenoxy) is 1. The predicted octanol–water partition coefficient (Wildman–Crippen LogP) is 5.47. The van der Waals surface area contributed by atoms with E-state index in [-0.39, 0.29) is 12.0 Å². The van der Waals surface area contributed by atoms with E-state index < -0.39 is 5.97 Å². The monoisotopic (exact) mass is 464 g/mol. The fourth-order valence-corrected chi connectivity index (χ4v) is 5.38. The molecule has 0 bridgehead atoms. The molecule has 172 valence electrons. The Morgan fingerprint density at radius 2 is 2.06 bits per heavy atom. The molecule has 2 aliphatic heterocycles. The van der Waals surface area contributed by atoms with Gasteiger partial charge in [0.2, 0.25) is 0 Å². The van der Waals surface area contributed by atoms with Crippen LogP contribution in [0.2, 0.25) is 5.02 Å². The van der Waals surface area contributed by atoms with Gasteiger partial charge in [0, 0.05) is 12.5 Å². The quantitative estimate of drug-likeness (QED) is 0.553. The molecule has 6 nitrogen and oxygen atoms in total. The molecule has 1 aliphatic carbocycles. The normalized spacial score (nSPS) is 26.1. The van der Waals surface area contributed by atoms with E-state index in [4.69, 9.17) is 21.4 Å². The Balaban J connectivity index is 1.70. The molecule has 33 heavy (non-hydrogen) atoms. The fraction of sp³-hybridized carbons (Fsp3) is 0.462. The molecule has 1 fully saturated rings. The van der Waals surface area contributed by atoms with Crippen molar-refractivity contribution in [2.24, 2.45) is 21.9 Å². The average Bonchev–Trinajstić information content (AvgIpc) is 3.46. The molecule has 4 rings (SSSR count). The number of nitriles is 1. The van der Waals surface area contributed by atoms with E-state index in [1.54, 1.807) is 19.1 Å². The molecule has 7 heteroatoms. The van der Waals surface area contributed by atoms with Crippen molar-refractivity contribution >= 4 is 34.7 Å². The van der Waals surface area contributed by atoms with Crippen molar-refractivity contribution in [1.29, 1.82) is 5.26 Å². The summed E-state index contributed by atoms with van der Waals surface area (Å²) in [4.78, 5) is 16.7. The van der Waals surface area contributed by atoms with Crippen LogP contribution < -0.4 is 5.01 Å². The summed E-state index contributed by atoms with van der Waals surface area (Å²) in [5.74, 6) is 0.340. The number of aliphatic imine (C=N–C) groups is 1. The second-order valence-corrected chi connectivity index (χ2v) is 9.14. The minimum atomic E-state index is -0.412. The minimum absolute atomic E-state index is 0.213. The Morgan fingerprint density at radius 1 is 1.27 bits per heavy atom. The number of carbonyl (C=O) groups is 1. The zero-order valence-corrected chi connectivity index (χ0v) is 19.7. The second kappa shape index (κ2) is 10.4. The van der Waals surface area contributed by atoms with E-state index in [0.29, 0.717) is 35.4 Å². The molecular weight excluding hydrogens is 436 g/mol. The number of nitrogens with zero attached hydrogens (tertiary/aromatic N) is 4. The van der Waals surface area contributed by atoms with Gasteiger partial charge in [-0.05, 0) is 68.4 Å². The van der Waals surface area contributed by atoms with Gasteiger partial charge in [-0.25, -0.2) is 4.79 Å². The number of esters is 1. The van der Waals surface area contributed by atoms with E-state index in [9.17, 15) is 10.1 Å². The number of hydrazone groups is 1. The topological polar surface area (TPSA) is 78.0 Å². The first-order valence-electron chi connectivity index (χ1n) is 11.7. The lowest BCUT2D eigenvalue weighted by Gasteiger charge is -2.33. The van der Waals surface area contributed by atoms with Gasteiger partial charge in [-0.15, -0.1) is 0 Å². The highest BCUT2D eigenvalue weighted by molar-refractivity contribution is 6.41. The van der Waals surface area contributed by atoms with Gasteiger partial charge in [0.05, 0.1) is 34.6 Å². The predicted molar refractivity (Wildman–Crippen MR) is 132 cm³/mol. The Labute approximate surface area is 200 Å². The number of benzene rings is 1. The van der Waals surface area contributed by atoms with Gasteiger partial charge in [-0.1, -0.05) is 37.1 Å². The summed E-state index contributed by atoms with van der Waals surface area (Å²) in [6, 6.07) is 7.86. The SMILES string of the molecule is C=C1/C=C\C(C(=O)OCC)=N/CCCC2C1=NN(c1ccc(C#N)c(Cl)c1)C2C1CCCC1. The van der Waals surface area contributed by atoms with Crippen molar-refractivity contribution in [2.45, 2.75) is 51.5 Å². The first kappa shape index (κ1) is 23.3. The van der Waals surface area contributed by atoms with Crippen molar-refractivity contribution in [2.75, 3.05) is 18.2 Å². The summed E-state index contributed by atoms with van der Waals surface area (Å²) >= 11 is 6.38. The maximum atomic E-state index is 12.2. The zero-order valence-electron chi connectivity index (χ0n) is 19.0. The highest BCUT2D eigenvalue weighted by atomic mass is 35.5. The lowest BCUT2D eigenvalue weighted by atomic mass is 9.80. The fourth-order valence-electron chi connectivity index (χ4n) is 5.16. The number of allylic oxidation sites excluding steroid dienone is 2. The summed E-state index contributed by atoms with van der Waals surface area (Å²) < 4.78 is 5.14. The number of fused-ring (bicyclic) bond motifs is 1. The molecule has 1 saturated carbocycles. The molecule has 1 aromatic carbocycles. The van der Waals surface area contributed by atoms with Gasteiger partial charge >= 0.3 is 5.97 Å². The van der Waals surface area contributed by atoms with E-state index in [2.05, 4.69) is 22.6 Å². The van der Waals surface area contributed by atoms with Crippen LogP contribution in [0.25, 0.3) is 0 Å². The minimum Gasteiger partial charge on any atom is -0.461 e. The van der Waals surface area contributed by atoms with Gasteiger partial charge in [-0.3, -0.25) is 10.0 Å². The molecule has 3 aliphatic rings. The smallest absolute Gasteiger partial charge is 0.356 e. The lowest BCUT2D eigenvalue weighted by molar-refractivity contribution is -0.134. The van der Waals surface area contributed by atoms with E-state index in [0.717, 1.165) is 29.8 Å². The van der Waals surface area contributed by atoms with Crippen LogP contribution in [-0.2, 0) is 9.53 Å². The van der Waals surface area contributed by atoms with Crippen molar-refractivity contribution in [1.82, 2.24) is 0 Å². The largest absolute Gasteiger partial charge is 0.461 e. The van der Waals surface area contributed by atoms with E-state index in [1.165, 1.54) is 25.7 Å². The molecule has 0 spiro atoms. The number of hydrogen-bond donors (Lipinski definition) is 0. The van der Waals surface area contributed by atoms with Crippen LogP contribution >= 0.6 is 11.6 Å². The maximum absolute atomic E-state index is 12.2. The first-order chi connectivity index (χ1) is 16.0. The molecule has 0 saturated heterocycles. The number of rotatable bonds is 4. The highest BCUT2D eigenvalue weighted by Gasteiger charge is 2.43. The van der Waals surface area contributed by atoms with Crippen LogP contribution in [0.1, 0.15) is 51.0 Å². The standard InChI is InChI=1S/C26H29ClN4O2/c1-3-33-26(32)23-13-10-17(2)24-21(9-6-14-29-23)25(18-7-4-5-8-18)31(30-24)20-12-11-19(16-28)22(27)15-20/h10-13,15,18,21,25H,2-9,14H2,1H3/b13-10-,29-23+. The molecular formula is C26H29ClN4O2. The van der Waals surface area contributed by atoms with Crippen molar-refractivity contribution < 1.29 is 9.53 Å². The summed E-state index contributed by atoms with van der Waals surface area (Å²) in [6.07, 6.45) is 10.1. The third-order valence-electron chi connectivity index (χ3n) is 6.69. The van der Waals surface area contributed by atoms with Gasteiger partial charge in [0.1, 0.15) is 11.8 Å². The van der Waals surface area contributed by atoms with Crippen molar-refractivity contribution in [3.63, 3.8) is 0 Å². The molecule has 0 N–H and O–H groups in total. The molecule has 0 radical (unpaired) electrons. The number of halogens is 1. The van der Waals surface area contributed by atoms with Crippen LogP contribution in [0.15, 0.2) is 52.6 Å². The third-order valence-corrected chi connectivity index (χ3v) is 7.01. The molecule has 1 aromatic rings. The number of anilines is 1. The van der Waals surface area contributed by atoms with Crippen LogP contribution in [0.3, 0.4) is 0 Å². The van der Waals surface area contributed by atoms with Gasteiger partial charge in [0.15, 0.2) is 0 Å². The highest BCUT2D eigenvalue weighted by Crippen LogP contribution is 2.43. The summed E-state index contributed by atoms with van der Waals surface area (Å²) in [5, 5.41) is 16.9. The van der Waals surface area contributed by atoms with Crippen LogP contribution in [0.5, 0.6) is 0 Å². The van der Waals surface area contributed by atoms with Crippen LogP contribution in [0, 0.1) is 23.2 Å². The Kier molecular flexibility index (Phi) is 7.29. The van der Waals surface area contributed by atoms with Crippen molar-refractivity contribution in [3.05, 3.63) is 53.1 Å². The molecule has 2 heterocycles. The van der Waals surface area contributed by atoms with E-state index >= 15 is 0 Å². The van der Waals surface area contributed by atoms with Gasteiger partial charge in [-0.2, -0.15) is 10.4 Å². The van der Waals surface area contributed by atoms with Crippen molar-refractivity contribution in [3.8, 4) is 6.07 Å². The zero-order chi connectivity index (χ0) is 23.4. The number of carbonyl (C=O) groups excluding carboxylic acids is 1. The summed E-state index contributed by atoms with van der Waals surface area (Å²) in [7, 11) is 0. The average molecular weight is 465 g/mol. The first-order valence-corrected chi connectivity index (χ1v) is 12.1. The van der Waals surface area contributed by atoms with Crippen LogP contribution in [-0.4, -0.2) is 36.6 Å². The van der Waals surface area contributed by atoms with Gasteiger partial charge in [0.25, 0.3) is 0 Å². The third kappa shape index (κ3) is 4.89. The lowest BCUT2D eigenvalue weighted by Crippen LogP contribution is -2.39. The molecule has 2 unspecified atom stereocenters. The van der Waals surface area contributed by atoms with E-state index in [1.807, 2.05) is 18.2 Å². The second-order valence-electron chi connectivity index (χ2n) is 8.74. The molecule has 0 amide bonds. The maximum Gasteiger partial charge on any atom is 0.356 e. The Hall–Kier alpha value is -2.91. The Morgan fingerprint density at radius 3 is 2.76 bits per heavy atom. The summed E-state index contributed by atoms with van der Waals surface area (Å²) in [5.41, 5.74) is 3.40. The molecule has 0 aromatic heterocycles. The Bertz CT molecular complexity index is 1060. The molecule has 2 atom stereocenters. The number of hydrogen-bond acceptors (Lipinski definition) is 6. The van der Waals surface area contributed by atoms with Gasteiger partial charge < -0.3 is 4.74 Å².